The molecule has 45 heavy (non-hydrogen) atoms. The van der Waals surface area contributed by atoms with Crippen LogP contribution in [-0.4, -0.2) is 0 Å². The molecule has 0 radical (unpaired) electrons. The molecule has 0 saturated carbocycles. The van der Waals surface area contributed by atoms with Crippen molar-refractivity contribution in [2.45, 2.75) is 0 Å². The van der Waals surface area contributed by atoms with Crippen LogP contribution in [-0.2, 0) is 0 Å². The Labute approximate surface area is 277 Å². The van der Waals surface area contributed by atoms with Gasteiger partial charge in [0.05, 0.1) is 15.1 Å². The molecule has 0 aliphatic rings. The molecule has 0 N–H and O–H groups in total. The highest BCUT2D eigenvalue weighted by Crippen LogP contribution is 2.46. The molecule has 1 heterocycles. The van der Waals surface area contributed by atoms with E-state index < -0.39 is 59.5 Å². The van der Waals surface area contributed by atoms with Crippen molar-refractivity contribution in [1.29, 1.82) is 0 Å². The Hall–Kier alpha value is -5.92. The Balaban J connectivity index is 1.39. The van der Waals surface area contributed by atoms with E-state index in [0.717, 1.165) is 43.8 Å². The summed E-state index contributed by atoms with van der Waals surface area (Å²) >= 11 is 0. The maximum absolute atomic E-state index is 9.63. The number of rotatable bonds is 4. The van der Waals surface area contributed by atoms with Crippen molar-refractivity contribution in [2.75, 3.05) is 0 Å². The molecule has 0 saturated heterocycles. The zero-order valence-electron chi connectivity index (χ0n) is 34.7. The normalized spacial score (nSPS) is 15.0. The molecule has 0 fully saturated rings. The molecule has 1 heteroatoms. The lowest BCUT2D eigenvalue weighted by atomic mass is 9.84. The molecule has 0 bridgehead atoms. The highest BCUT2D eigenvalue weighted by atomic mass is 16.3. The lowest BCUT2D eigenvalue weighted by molar-refractivity contribution is 0.669. The van der Waals surface area contributed by atoms with Gasteiger partial charge in [-0.05, 0) is 90.2 Å². The van der Waals surface area contributed by atoms with Gasteiger partial charge in [0.1, 0.15) is 11.2 Å². The minimum atomic E-state index is -0.662. The monoisotopic (exact) mass is 583 g/mol. The van der Waals surface area contributed by atoms with Gasteiger partial charge in [-0.15, -0.1) is 0 Å². The summed E-state index contributed by atoms with van der Waals surface area (Å²) in [7, 11) is 0. The Bertz CT molecular complexity index is 3070. The van der Waals surface area contributed by atoms with Gasteiger partial charge in [-0.1, -0.05) is 145 Å². The summed E-state index contributed by atoms with van der Waals surface area (Å²) in [5.41, 5.74) is 3.44. The van der Waals surface area contributed by atoms with Crippen molar-refractivity contribution in [3.05, 3.63) is 170 Å². The maximum Gasteiger partial charge on any atom is 0.136 e. The fourth-order valence-electron chi connectivity index (χ4n) is 6.27. The standard InChI is InChI=1S/C44H28O/c1-3-13-29(14-4-1)31-24-26-41-40(27-31)34-25-23-32(28-42(34)45-41)43-36-19-9-11-21-38(36)44(39-22-12-10-20-37(39)43)35-18-8-7-17-33(35)30-15-5-2-6-16-30/h1-28H/i1D,3D,4D,13D,14D,23D,24D,25D,26D,27D,28D. The van der Waals surface area contributed by atoms with Gasteiger partial charge >= 0.3 is 0 Å². The molecule has 0 aliphatic carbocycles. The van der Waals surface area contributed by atoms with Crippen molar-refractivity contribution < 1.29 is 19.5 Å². The van der Waals surface area contributed by atoms with E-state index >= 15 is 0 Å². The number of fused-ring (bicyclic) bond motifs is 5. The van der Waals surface area contributed by atoms with Crippen LogP contribution >= 0.6 is 0 Å². The number of benzene rings is 8. The van der Waals surface area contributed by atoms with E-state index in [1.165, 1.54) is 0 Å². The van der Waals surface area contributed by atoms with E-state index in [0.29, 0.717) is 5.56 Å². The van der Waals surface area contributed by atoms with Gasteiger partial charge < -0.3 is 4.42 Å². The summed E-state index contributed by atoms with van der Waals surface area (Å²) in [6, 6.07) is 27.9. The van der Waals surface area contributed by atoms with Crippen LogP contribution < -0.4 is 0 Å². The average Bonchev–Trinajstić information content (AvgIpc) is 3.64. The van der Waals surface area contributed by atoms with Crippen LogP contribution in [0.3, 0.4) is 0 Å². The molecule has 8 aromatic carbocycles. The third-order valence-corrected chi connectivity index (χ3v) is 8.22. The first-order valence-corrected chi connectivity index (χ1v) is 14.6. The molecule has 210 valence electrons. The summed E-state index contributed by atoms with van der Waals surface area (Å²) in [6.45, 7) is 0. The first-order chi connectivity index (χ1) is 26.9. The van der Waals surface area contributed by atoms with Crippen LogP contribution in [0.4, 0.5) is 0 Å². The van der Waals surface area contributed by atoms with Crippen molar-refractivity contribution in [3.63, 3.8) is 0 Å². The highest BCUT2D eigenvalue weighted by Gasteiger charge is 2.19. The SMILES string of the molecule is [2H]c1c([2H])c([2H])c(-c2c([2H])c([2H])c3oc4c([2H])c(-c5c6ccccc6c(-c6ccccc6-c6ccccc6)c6ccccc56)c([2H])c([2H])c4c3c2[2H])c([2H])c1[2H]. The molecule has 1 nitrogen and oxygen atoms in total. The van der Waals surface area contributed by atoms with E-state index in [1.807, 2.05) is 78.9 Å². The number of hydrogen-bond acceptors (Lipinski definition) is 1. The van der Waals surface area contributed by atoms with Gasteiger partial charge in [-0.3, -0.25) is 0 Å². The first-order valence-electron chi connectivity index (χ1n) is 20.1. The van der Waals surface area contributed by atoms with E-state index in [9.17, 15) is 5.48 Å². The van der Waals surface area contributed by atoms with E-state index in [4.69, 9.17) is 14.0 Å². The Morgan fingerprint density at radius 2 is 0.956 bits per heavy atom. The number of furan rings is 1. The summed E-state index contributed by atoms with van der Waals surface area (Å²) in [6.07, 6.45) is 0. The summed E-state index contributed by atoms with van der Waals surface area (Å²) < 4.78 is 103. The third kappa shape index (κ3) is 4.17. The van der Waals surface area contributed by atoms with Gasteiger partial charge in [0.15, 0.2) is 0 Å². The molecule has 0 spiro atoms. The van der Waals surface area contributed by atoms with Crippen LogP contribution in [0.25, 0.3) is 88.0 Å². The Morgan fingerprint density at radius 3 is 1.67 bits per heavy atom. The fraction of sp³-hybridized carbons (Fsp3) is 0. The Morgan fingerprint density at radius 1 is 0.356 bits per heavy atom. The van der Waals surface area contributed by atoms with Crippen LogP contribution in [0.1, 0.15) is 15.1 Å². The van der Waals surface area contributed by atoms with Crippen LogP contribution in [0.5, 0.6) is 0 Å². The van der Waals surface area contributed by atoms with Gasteiger partial charge in [-0.25, -0.2) is 0 Å². The lowest BCUT2D eigenvalue weighted by Gasteiger charge is -2.19. The molecule has 0 aliphatic heterocycles. The molecular formula is C44H28O. The summed E-state index contributed by atoms with van der Waals surface area (Å²) in [5, 5.41) is 2.95. The third-order valence-electron chi connectivity index (χ3n) is 8.22. The van der Waals surface area contributed by atoms with Crippen molar-refractivity contribution in [2.24, 2.45) is 0 Å². The Kier molecular flexibility index (Phi) is 3.87. The van der Waals surface area contributed by atoms with E-state index in [-0.39, 0.29) is 45.6 Å². The lowest BCUT2D eigenvalue weighted by Crippen LogP contribution is -1.92. The van der Waals surface area contributed by atoms with Crippen LogP contribution in [0, 0.1) is 0 Å². The van der Waals surface area contributed by atoms with Gasteiger partial charge in [0.25, 0.3) is 0 Å². The number of hydrogen-bond donors (Lipinski definition) is 0. The summed E-state index contributed by atoms with van der Waals surface area (Å²) in [5.74, 6) is 0. The highest BCUT2D eigenvalue weighted by molar-refractivity contribution is 6.23. The molecular weight excluding hydrogens is 544 g/mol. The first kappa shape index (κ1) is 16.8. The molecule has 0 amide bonds. The van der Waals surface area contributed by atoms with Crippen molar-refractivity contribution >= 4 is 43.5 Å². The minimum absolute atomic E-state index is 0.104. The predicted molar refractivity (Wildman–Crippen MR) is 190 cm³/mol. The smallest absolute Gasteiger partial charge is 0.136 e. The average molecular weight is 584 g/mol. The molecule has 1 aromatic heterocycles. The molecule has 0 atom stereocenters. The van der Waals surface area contributed by atoms with E-state index in [2.05, 4.69) is 24.3 Å². The topological polar surface area (TPSA) is 13.1 Å². The van der Waals surface area contributed by atoms with Crippen LogP contribution in [0.15, 0.2) is 174 Å². The molecule has 9 aromatic rings. The zero-order chi connectivity index (χ0) is 39.3. The van der Waals surface area contributed by atoms with Crippen molar-refractivity contribution in [1.82, 2.24) is 0 Å². The fourth-order valence-corrected chi connectivity index (χ4v) is 6.27. The largest absolute Gasteiger partial charge is 0.456 e. The van der Waals surface area contributed by atoms with E-state index in [1.54, 1.807) is 0 Å². The van der Waals surface area contributed by atoms with Crippen molar-refractivity contribution in [3.8, 4) is 44.5 Å². The van der Waals surface area contributed by atoms with Crippen LogP contribution in [0.2, 0.25) is 0 Å². The second kappa shape index (κ2) is 10.4. The second-order valence-electron chi connectivity index (χ2n) is 10.8. The van der Waals surface area contributed by atoms with Gasteiger partial charge in [0, 0.05) is 10.8 Å². The zero-order valence-corrected chi connectivity index (χ0v) is 23.7. The summed E-state index contributed by atoms with van der Waals surface area (Å²) in [4.78, 5) is 0. The second-order valence-corrected chi connectivity index (χ2v) is 10.8. The molecule has 9 rings (SSSR count). The van der Waals surface area contributed by atoms with Gasteiger partial charge in [0.2, 0.25) is 0 Å². The van der Waals surface area contributed by atoms with Gasteiger partial charge in [-0.2, -0.15) is 0 Å². The minimum Gasteiger partial charge on any atom is -0.456 e. The maximum atomic E-state index is 9.63. The molecule has 0 unspecified atom stereocenters. The predicted octanol–water partition coefficient (Wildman–Crippen LogP) is 12.6. The quantitative estimate of drug-likeness (QED) is 0.188.